The van der Waals surface area contributed by atoms with Gasteiger partial charge in [0.1, 0.15) is 5.75 Å². The average Bonchev–Trinajstić information content (AvgIpc) is 2.36. The Morgan fingerprint density at radius 3 is 2.45 bits per heavy atom. The first-order valence-corrected chi connectivity index (χ1v) is 6.87. The molecule has 1 rings (SSSR count). The summed E-state index contributed by atoms with van der Waals surface area (Å²) in [6.07, 6.45) is -0.0438. The molecule has 0 fully saturated rings. The average molecular weight is 299 g/mol. The van der Waals surface area contributed by atoms with Crippen molar-refractivity contribution in [3.8, 4) is 5.75 Å². The molecule has 0 amide bonds. The standard InChI is InChI=1S/C15H19ClO4/c1-9(2)8-20-14-5-4-11(7-12(14)16)13(17)6-10(3)15(18)19/h4-5,7,9-10H,6,8H2,1-3H3,(H,18,19). The summed E-state index contributed by atoms with van der Waals surface area (Å²) in [6, 6.07) is 4.77. The van der Waals surface area contributed by atoms with Gasteiger partial charge in [0.15, 0.2) is 5.78 Å². The van der Waals surface area contributed by atoms with E-state index in [0.717, 1.165) is 0 Å². The van der Waals surface area contributed by atoms with E-state index in [0.29, 0.717) is 28.9 Å². The number of halogens is 1. The summed E-state index contributed by atoms with van der Waals surface area (Å²) in [5, 5.41) is 9.16. The monoisotopic (exact) mass is 298 g/mol. The van der Waals surface area contributed by atoms with Crippen LogP contribution in [0.4, 0.5) is 0 Å². The predicted molar refractivity (Wildman–Crippen MR) is 77.5 cm³/mol. The van der Waals surface area contributed by atoms with Crippen LogP contribution in [0, 0.1) is 11.8 Å². The molecule has 0 spiro atoms. The molecular weight excluding hydrogens is 280 g/mol. The number of carboxylic acids is 1. The minimum Gasteiger partial charge on any atom is -0.492 e. The van der Waals surface area contributed by atoms with Crippen molar-refractivity contribution in [1.82, 2.24) is 0 Å². The van der Waals surface area contributed by atoms with Crippen LogP contribution in [-0.2, 0) is 4.79 Å². The number of ketones is 1. The number of carbonyl (C=O) groups is 2. The van der Waals surface area contributed by atoms with E-state index in [4.69, 9.17) is 21.4 Å². The first-order chi connectivity index (χ1) is 9.31. The van der Waals surface area contributed by atoms with Gasteiger partial charge in [0.25, 0.3) is 0 Å². The number of carboxylic acid groups (broad SMARTS) is 1. The zero-order chi connectivity index (χ0) is 15.3. The van der Waals surface area contributed by atoms with Crippen molar-refractivity contribution in [2.24, 2.45) is 11.8 Å². The third kappa shape index (κ3) is 4.85. The molecule has 0 saturated carbocycles. The molecular formula is C15H19ClO4. The normalized spacial score (nSPS) is 12.2. The Bertz CT molecular complexity index is 497. The Hall–Kier alpha value is -1.55. The Morgan fingerprint density at radius 2 is 1.95 bits per heavy atom. The lowest BCUT2D eigenvalue weighted by Gasteiger charge is -2.11. The minimum absolute atomic E-state index is 0.0438. The lowest BCUT2D eigenvalue weighted by atomic mass is 10.00. The highest BCUT2D eigenvalue weighted by Crippen LogP contribution is 2.26. The number of carbonyl (C=O) groups excluding carboxylic acids is 1. The number of aliphatic carboxylic acids is 1. The van der Waals surface area contributed by atoms with Crippen molar-refractivity contribution < 1.29 is 19.4 Å². The van der Waals surface area contributed by atoms with Crippen molar-refractivity contribution in [2.75, 3.05) is 6.61 Å². The van der Waals surface area contributed by atoms with Crippen LogP contribution < -0.4 is 4.74 Å². The van der Waals surface area contributed by atoms with E-state index >= 15 is 0 Å². The second kappa shape index (κ2) is 7.29. The molecule has 5 heteroatoms. The zero-order valence-corrected chi connectivity index (χ0v) is 12.6. The van der Waals surface area contributed by atoms with Crippen LogP contribution in [-0.4, -0.2) is 23.5 Å². The topological polar surface area (TPSA) is 63.6 Å². The van der Waals surface area contributed by atoms with E-state index in [-0.39, 0.29) is 12.2 Å². The molecule has 110 valence electrons. The van der Waals surface area contributed by atoms with Gasteiger partial charge >= 0.3 is 5.97 Å². The summed E-state index contributed by atoms with van der Waals surface area (Å²) in [5.41, 5.74) is 0.403. The smallest absolute Gasteiger partial charge is 0.306 e. The van der Waals surface area contributed by atoms with Gasteiger partial charge in [-0.3, -0.25) is 9.59 Å². The molecule has 0 aromatic heterocycles. The zero-order valence-electron chi connectivity index (χ0n) is 11.9. The van der Waals surface area contributed by atoms with Crippen molar-refractivity contribution in [2.45, 2.75) is 27.2 Å². The SMILES string of the molecule is CC(C)COc1ccc(C(=O)CC(C)C(=O)O)cc1Cl. The highest BCUT2D eigenvalue weighted by molar-refractivity contribution is 6.32. The van der Waals surface area contributed by atoms with Crippen molar-refractivity contribution in [3.05, 3.63) is 28.8 Å². The molecule has 0 aliphatic rings. The van der Waals surface area contributed by atoms with Gasteiger partial charge in [0, 0.05) is 12.0 Å². The van der Waals surface area contributed by atoms with Crippen LogP contribution in [0.25, 0.3) is 0 Å². The Kier molecular flexibility index (Phi) is 6.02. The fraction of sp³-hybridized carbons (Fsp3) is 0.467. The van der Waals surface area contributed by atoms with Crippen molar-refractivity contribution in [3.63, 3.8) is 0 Å². The molecule has 0 aliphatic heterocycles. The second-order valence-electron chi connectivity index (χ2n) is 5.22. The second-order valence-corrected chi connectivity index (χ2v) is 5.62. The van der Waals surface area contributed by atoms with Gasteiger partial charge in [-0.1, -0.05) is 32.4 Å². The van der Waals surface area contributed by atoms with Crippen LogP contribution in [0.5, 0.6) is 5.75 Å². The molecule has 0 bridgehead atoms. The maximum Gasteiger partial charge on any atom is 0.306 e. The van der Waals surface area contributed by atoms with Gasteiger partial charge in [-0.05, 0) is 24.1 Å². The molecule has 0 aliphatic carbocycles. The first-order valence-electron chi connectivity index (χ1n) is 6.49. The summed E-state index contributed by atoms with van der Waals surface area (Å²) in [6.45, 7) is 6.10. The molecule has 0 saturated heterocycles. The molecule has 1 atom stereocenters. The number of rotatable bonds is 7. The molecule has 1 unspecified atom stereocenters. The van der Waals surface area contributed by atoms with E-state index in [2.05, 4.69) is 0 Å². The lowest BCUT2D eigenvalue weighted by molar-refractivity contribution is -0.141. The molecule has 1 N–H and O–H groups in total. The van der Waals surface area contributed by atoms with Crippen LogP contribution in [0.3, 0.4) is 0 Å². The summed E-state index contributed by atoms with van der Waals surface area (Å²) in [4.78, 5) is 22.7. The van der Waals surface area contributed by atoms with Crippen molar-refractivity contribution in [1.29, 1.82) is 0 Å². The Labute approximate surface area is 123 Å². The highest BCUT2D eigenvalue weighted by Gasteiger charge is 2.18. The predicted octanol–water partition coefficient (Wildman–Crippen LogP) is 3.67. The number of Topliss-reactive ketones (excluding diaryl/α,β-unsaturated/α-hetero) is 1. The third-order valence-electron chi connectivity index (χ3n) is 2.74. The Morgan fingerprint density at radius 1 is 1.30 bits per heavy atom. The number of hydrogen-bond acceptors (Lipinski definition) is 3. The van der Waals surface area contributed by atoms with Gasteiger partial charge in [-0.2, -0.15) is 0 Å². The summed E-state index contributed by atoms with van der Waals surface area (Å²) in [7, 11) is 0. The molecule has 0 radical (unpaired) electrons. The van der Waals surface area contributed by atoms with Crippen LogP contribution in [0.15, 0.2) is 18.2 Å². The summed E-state index contributed by atoms with van der Waals surface area (Å²) >= 11 is 6.06. The minimum atomic E-state index is -0.985. The van der Waals surface area contributed by atoms with E-state index in [9.17, 15) is 9.59 Å². The van der Waals surface area contributed by atoms with Crippen LogP contribution in [0.1, 0.15) is 37.6 Å². The molecule has 4 nitrogen and oxygen atoms in total. The fourth-order valence-corrected chi connectivity index (χ4v) is 1.77. The van der Waals surface area contributed by atoms with Gasteiger partial charge in [-0.15, -0.1) is 0 Å². The van der Waals surface area contributed by atoms with Crippen LogP contribution >= 0.6 is 11.6 Å². The van der Waals surface area contributed by atoms with E-state index in [1.54, 1.807) is 12.1 Å². The van der Waals surface area contributed by atoms with E-state index < -0.39 is 11.9 Å². The van der Waals surface area contributed by atoms with Gasteiger partial charge in [-0.25, -0.2) is 0 Å². The maximum absolute atomic E-state index is 11.9. The van der Waals surface area contributed by atoms with Gasteiger partial charge < -0.3 is 9.84 Å². The van der Waals surface area contributed by atoms with Gasteiger partial charge in [0.05, 0.1) is 17.5 Å². The number of ether oxygens (including phenoxy) is 1. The van der Waals surface area contributed by atoms with Crippen LogP contribution in [0.2, 0.25) is 5.02 Å². The number of benzene rings is 1. The van der Waals surface area contributed by atoms with E-state index in [1.165, 1.54) is 13.0 Å². The molecule has 20 heavy (non-hydrogen) atoms. The molecule has 1 aromatic rings. The summed E-state index contributed by atoms with van der Waals surface area (Å²) < 4.78 is 5.51. The first kappa shape index (κ1) is 16.5. The van der Waals surface area contributed by atoms with Gasteiger partial charge in [0.2, 0.25) is 0 Å². The molecule has 0 heterocycles. The fourth-order valence-electron chi connectivity index (χ4n) is 1.53. The third-order valence-corrected chi connectivity index (χ3v) is 3.03. The Balaban J connectivity index is 2.76. The maximum atomic E-state index is 11.9. The van der Waals surface area contributed by atoms with Crippen molar-refractivity contribution >= 4 is 23.4 Å². The molecule has 1 aromatic carbocycles. The van der Waals surface area contributed by atoms with E-state index in [1.807, 2.05) is 13.8 Å². The largest absolute Gasteiger partial charge is 0.492 e. The summed E-state index contributed by atoms with van der Waals surface area (Å²) in [5.74, 6) is -1.02. The quantitative estimate of drug-likeness (QED) is 0.780. The lowest BCUT2D eigenvalue weighted by Crippen LogP contribution is -2.14. The highest BCUT2D eigenvalue weighted by atomic mass is 35.5. The number of hydrogen-bond donors (Lipinski definition) is 1.